The molecule has 0 aliphatic heterocycles. The van der Waals surface area contributed by atoms with Gasteiger partial charge in [0.1, 0.15) is 11.3 Å². The number of amides is 1. The minimum absolute atomic E-state index is 0.00820. The lowest BCUT2D eigenvalue weighted by Crippen LogP contribution is -2.16. The van der Waals surface area contributed by atoms with Crippen LogP contribution in [-0.2, 0) is 12.8 Å². The highest BCUT2D eigenvalue weighted by Gasteiger charge is 2.29. The van der Waals surface area contributed by atoms with Crippen LogP contribution in [0.2, 0.25) is 0 Å². The summed E-state index contributed by atoms with van der Waals surface area (Å²) in [5.74, 6) is -2.21. The quantitative estimate of drug-likeness (QED) is 0.864. The highest BCUT2D eigenvalue weighted by Crippen LogP contribution is 2.26. The largest absolute Gasteiger partial charge is 0.478 e. The van der Waals surface area contributed by atoms with Crippen LogP contribution >= 0.6 is 0 Å². The predicted octanol–water partition coefficient (Wildman–Crippen LogP) is 3.90. The van der Waals surface area contributed by atoms with Crippen molar-refractivity contribution < 1.29 is 32.3 Å². The van der Waals surface area contributed by atoms with E-state index in [-0.39, 0.29) is 34.8 Å². The van der Waals surface area contributed by atoms with Crippen LogP contribution in [0.1, 0.15) is 39.2 Å². The number of aromatic carboxylic acids is 1. The zero-order valence-corrected chi connectivity index (χ0v) is 12.6. The second-order valence-corrected chi connectivity index (χ2v) is 5.01. The summed E-state index contributed by atoms with van der Waals surface area (Å²) in [6.07, 6.45) is -5.35. The standard InChI is InChI=1S/C16H14F3NO4/c1-2-12-10(15(22)23)7-13(24-12)14(21)20-11-6-4-3-5-9(11)8-16(17,18)19/h3-7H,2,8H2,1H3,(H,20,21)(H,22,23). The molecule has 2 N–H and O–H groups in total. The van der Waals surface area contributed by atoms with Crippen molar-refractivity contribution in [1.82, 2.24) is 0 Å². The number of carbonyl (C=O) groups excluding carboxylic acids is 1. The van der Waals surface area contributed by atoms with Crippen LogP contribution in [0.25, 0.3) is 0 Å². The lowest BCUT2D eigenvalue weighted by Gasteiger charge is -2.12. The maximum absolute atomic E-state index is 12.6. The molecule has 0 fully saturated rings. The minimum atomic E-state index is -4.42. The molecule has 1 heterocycles. The van der Waals surface area contributed by atoms with Gasteiger partial charge in [-0.15, -0.1) is 0 Å². The highest BCUT2D eigenvalue weighted by atomic mass is 19.4. The Hall–Kier alpha value is -2.77. The average Bonchev–Trinajstić information content (AvgIpc) is 2.92. The van der Waals surface area contributed by atoms with Crippen LogP contribution in [0.5, 0.6) is 0 Å². The van der Waals surface area contributed by atoms with Crippen LogP contribution in [0, 0.1) is 0 Å². The smallest absolute Gasteiger partial charge is 0.393 e. The first kappa shape index (κ1) is 17.6. The van der Waals surface area contributed by atoms with Gasteiger partial charge in [0.15, 0.2) is 5.76 Å². The molecule has 1 aromatic carbocycles. The van der Waals surface area contributed by atoms with E-state index in [1.54, 1.807) is 6.92 Å². The summed E-state index contributed by atoms with van der Waals surface area (Å²) in [6.45, 7) is 1.66. The van der Waals surface area contributed by atoms with Gasteiger partial charge in [0.25, 0.3) is 5.91 Å². The maximum Gasteiger partial charge on any atom is 0.393 e. The summed E-state index contributed by atoms with van der Waals surface area (Å²) in [6, 6.07) is 6.56. The van der Waals surface area contributed by atoms with Crippen LogP contribution in [0.4, 0.5) is 18.9 Å². The van der Waals surface area contributed by atoms with E-state index in [0.717, 1.165) is 6.07 Å². The van der Waals surface area contributed by atoms with Gasteiger partial charge in [-0.1, -0.05) is 25.1 Å². The number of carbonyl (C=O) groups is 2. The first-order chi connectivity index (χ1) is 11.2. The van der Waals surface area contributed by atoms with Crippen molar-refractivity contribution in [2.45, 2.75) is 25.9 Å². The monoisotopic (exact) mass is 341 g/mol. The third-order valence-electron chi connectivity index (χ3n) is 3.24. The Morgan fingerprint density at radius 1 is 1.25 bits per heavy atom. The van der Waals surface area contributed by atoms with Crippen molar-refractivity contribution in [2.24, 2.45) is 0 Å². The Morgan fingerprint density at radius 2 is 1.92 bits per heavy atom. The van der Waals surface area contributed by atoms with Gasteiger partial charge < -0.3 is 14.8 Å². The predicted molar refractivity (Wildman–Crippen MR) is 79.2 cm³/mol. The number of carboxylic acids is 1. The Bertz CT molecular complexity index is 765. The second-order valence-electron chi connectivity index (χ2n) is 5.01. The van der Waals surface area contributed by atoms with Gasteiger partial charge in [0.05, 0.1) is 6.42 Å². The molecular formula is C16H14F3NO4. The number of carboxylic acid groups (broad SMARTS) is 1. The van der Waals surface area contributed by atoms with Crippen molar-refractivity contribution >= 4 is 17.6 Å². The number of alkyl halides is 3. The van der Waals surface area contributed by atoms with Crippen LogP contribution < -0.4 is 5.32 Å². The summed E-state index contributed by atoms with van der Waals surface area (Å²) in [5.41, 5.74) is -0.253. The van der Waals surface area contributed by atoms with Crippen LogP contribution in [0.3, 0.4) is 0 Å². The molecule has 0 saturated heterocycles. The number of rotatable bonds is 5. The molecule has 1 aromatic heterocycles. The molecule has 0 atom stereocenters. The number of para-hydroxylation sites is 1. The summed E-state index contributed by atoms with van der Waals surface area (Å²) in [5, 5.41) is 11.4. The highest BCUT2D eigenvalue weighted by molar-refractivity contribution is 6.04. The lowest BCUT2D eigenvalue weighted by molar-refractivity contribution is -0.127. The van der Waals surface area contributed by atoms with E-state index in [4.69, 9.17) is 9.52 Å². The normalized spacial score (nSPS) is 11.3. The molecule has 0 aliphatic carbocycles. The molecule has 24 heavy (non-hydrogen) atoms. The number of hydrogen-bond donors (Lipinski definition) is 2. The molecule has 8 heteroatoms. The fourth-order valence-corrected chi connectivity index (χ4v) is 2.18. The molecule has 0 spiro atoms. The first-order valence-corrected chi connectivity index (χ1v) is 7.03. The van der Waals surface area contributed by atoms with Crippen molar-refractivity contribution in [3.05, 3.63) is 53.0 Å². The number of hydrogen-bond acceptors (Lipinski definition) is 3. The molecular weight excluding hydrogens is 327 g/mol. The lowest BCUT2D eigenvalue weighted by atomic mass is 10.1. The Morgan fingerprint density at radius 3 is 2.46 bits per heavy atom. The summed E-state index contributed by atoms with van der Waals surface area (Å²) < 4.78 is 42.9. The van der Waals surface area contributed by atoms with Crippen molar-refractivity contribution in [2.75, 3.05) is 5.32 Å². The number of furan rings is 1. The summed E-state index contributed by atoms with van der Waals surface area (Å²) in [4.78, 5) is 23.2. The number of aryl methyl sites for hydroxylation is 1. The van der Waals surface area contributed by atoms with Gasteiger partial charge in [-0.05, 0) is 11.6 Å². The van der Waals surface area contributed by atoms with Gasteiger partial charge in [-0.25, -0.2) is 4.79 Å². The van der Waals surface area contributed by atoms with E-state index in [1.165, 1.54) is 24.3 Å². The van der Waals surface area contributed by atoms with E-state index in [9.17, 15) is 22.8 Å². The van der Waals surface area contributed by atoms with Gasteiger partial charge in [-0.3, -0.25) is 4.79 Å². The second kappa shape index (κ2) is 6.77. The Balaban J connectivity index is 2.26. The minimum Gasteiger partial charge on any atom is -0.478 e. The molecule has 0 saturated carbocycles. The SMILES string of the molecule is CCc1oc(C(=O)Nc2ccccc2CC(F)(F)F)cc1C(=O)O. The van der Waals surface area contributed by atoms with Gasteiger partial charge in [0, 0.05) is 18.2 Å². The van der Waals surface area contributed by atoms with Gasteiger partial charge >= 0.3 is 12.1 Å². The van der Waals surface area contributed by atoms with Crippen molar-refractivity contribution in [3.63, 3.8) is 0 Å². The number of nitrogens with one attached hydrogen (secondary N) is 1. The van der Waals surface area contributed by atoms with Crippen LogP contribution in [-0.4, -0.2) is 23.2 Å². The molecule has 0 aliphatic rings. The zero-order chi connectivity index (χ0) is 17.9. The Kier molecular flexibility index (Phi) is 4.96. The fourth-order valence-electron chi connectivity index (χ4n) is 2.18. The van der Waals surface area contributed by atoms with E-state index >= 15 is 0 Å². The van der Waals surface area contributed by atoms with Crippen LogP contribution in [0.15, 0.2) is 34.7 Å². The Labute approximate surface area is 135 Å². The van der Waals surface area contributed by atoms with Gasteiger partial charge in [0.2, 0.25) is 0 Å². The molecule has 5 nitrogen and oxygen atoms in total. The zero-order valence-electron chi connectivity index (χ0n) is 12.6. The third-order valence-corrected chi connectivity index (χ3v) is 3.24. The van der Waals surface area contributed by atoms with Crippen molar-refractivity contribution in [1.29, 1.82) is 0 Å². The number of halogens is 3. The van der Waals surface area contributed by atoms with Crippen molar-refractivity contribution in [3.8, 4) is 0 Å². The third kappa shape index (κ3) is 4.15. The number of anilines is 1. The maximum atomic E-state index is 12.6. The van der Waals surface area contributed by atoms with E-state index < -0.39 is 24.5 Å². The molecule has 1 amide bonds. The molecule has 0 radical (unpaired) electrons. The fraction of sp³-hybridized carbons (Fsp3) is 0.250. The number of benzene rings is 1. The molecule has 2 rings (SSSR count). The molecule has 0 unspecified atom stereocenters. The molecule has 128 valence electrons. The van der Waals surface area contributed by atoms with Gasteiger partial charge in [-0.2, -0.15) is 13.2 Å². The van der Waals surface area contributed by atoms with E-state index in [0.29, 0.717) is 0 Å². The topological polar surface area (TPSA) is 79.5 Å². The first-order valence-electron chi connectivity index (χ1n) is 7.03. The molecule has 2 aromatic rings. The van der Waals surface area contributed by atoms with E-state index in [1.807, 2.05) is 0 Å². The summed E-state index contributed by atoms with van der Waals surface area (Å²) >= 11 is 0. The van der Waals surface area contributed by atoms with E-state index in [2.05, 4.69) is 5.32 Å². The summed E-state index contributed by atoms with van der Waals surface area (Å²) in [7, 11) is 0. The average molecular weight is 341 g/mol. The molecule has 0 bridgehead atoms.